The van der Waals surface area contributed by atoms with Crippen LogP contribution in [0.4, 0.5) is 15.0 Å². The summed E-state index contributed by atoms with van der Waals surface area (Å²) in [5.41, 5.74) is 0.451. The molecular weight excluding hydrogens is 573 g/mol. The van der Waals surface area contributed by atoms with Gasteiger partial charge in [-0.2, -0.15) is 0 Å². The molecule has 10 nitrogen and oxygen atoms in total. The van der Waals surface area contributed by atoms with E-state index in [2.05, 4.69) is 32.0 Å². The molecule has 2 spiro atoms. The van der Waals surface area contributed by atoms with Gasteiger partial charge in [0.15, 0.2) is 11.6 Å². The summed E-state index contributed by atoms with van der Waals surface area (Å²) in [7, 11) is 0. The molecule has 244 valence electrons. The van der Waals surface area contributed by atoms with E-state index in [1.54, 1.807) is 11.1 Å². The third-order valence-corrected chi connectivity index (χ3v) is 10.7. The summed E-state index contributed by atoms with van der Waals surface area (Å²) < 4.78 is 20.5. The first-order chi connectivity index (χ1) is 21.6. The molecule has 1 aliphatic carbocycles. The van der Waals surface area contributed by atoms with Crippen molar-refractivity contribution in [3.8, 4) is 11.5 Å². The van der Waals surface area contributed by atoms with E-state index in [0.717, 1.165) is 71.5 Å². The second-order valence-electron chi connectivity index (χ2n) is 14.0. The molecule has 0 atom stereocenters. The molecule has 4 aliphatic rings. The standard InChI is InChI=1S/C34H48FN7O3/c1-5-40-22-34(38-32(40)44)11-9-25(10-12-34)19-39-15-13-33(14-16-39)20-41(21-33)30-29(18-36-23-37-30)45-28-8-7-26(35)17-27(28)31(43)42(6-2)24(3)4/h7-8,17-18,23-25H,5-6,9-16,19-22H2,1-4H3,(H,38,44). The van der Waals surface area contributed by atoms with E-state index in [-0.39, 0.29) is 34.5 Å². The molecule has 1 saturated carbocycles. The van der Waals surface area contributed by atoms with Crippen LogP contribution in [0.3, 0.4) is 0 Å². The predicted octanol–water partition coefficient (Wildman–Crippen LogP) is 5.15. The second-order valence-corrected chi connectivity index (χ2v) is 14.0. The Labute approximate surface area is 266 Å². The third kappa shape index (κ3) is 6.46. The number of hydrogen-bond donors (Lipinski definition) is 1. The molecule has 3 amide bonds. The van der Waals surface area contributed by atoms with Gasteiger partial charge in [0.05, 0.1) is 17.3 Å². The first-order valence-electron chi connectivity index (χ1n) is 16.8. The Hall–Kier alpha value is -3.47. The minimum atomic E-state index is -0.482. The fourth-order valence-corrected chi connectivity index (χ4v) is 7.93. The summed E-state index contributed by atoms with van der Waals surface area (Å²) in [6, 6.07) is 4.15. The number of amides is 3. The Bertz CT molecular complexity index is 1380. The lowest BCUT2D eigenvalue weighted by atomic mass is 9.71. The monoisotopic (exact) mass is 621 g/mol. The number of halogens is 1. The lowest BCUT2D eigenvalue weighted by Gasteiger charge is -2.55. The van der Waals surface area contributed by atoms with Gasteiger partial charge in [0.1, 0.15) is 17.9 Å². The van der Waals surface area contributed by atoms with Crippen molar-refractivity contribution >= 4 is 17.8 Å². The van der Waals surface area contributed by atoms with E-state index in [1.165, 1.54) is 37.4 Å². The smallest absolute Gasteiger partial charge is 0.317 e. The number of ether oxygens (including phenoxy) is 1. The van der Waals surface area contributed by atoms with Crippen LogP contribution in [0, 0.1) is 17.2 Å². The van der Waals surface area contributed by atoms with E-state index in [4.69, 9.17) is 4.74 Å². The van der Waals surface area contributed by atoms with E-state index in [1.807, 2.05) is 25.7 Å². The Morgan fingerprint density at radius 3 is 2.49 bits per heavy atom. The Balaban J connectivity index is 1.03. The summed E-state index contributed by atoms with van der Waals surface area (Å²) in [5, 5.41) is 3.29. The van der Waals surface area contributed by atoms with Gasteiger partial charge in [0.25, 0.3) is 5.91 Å². The van der Waals surface area contributed by atoms with Gasteiger partial charge in [-0.15, -0.1) is 0 Å². The van der Waals surface area contributed by atoms with Gasteiger partial charge in [-0.25, -0.2) is 19.2 Å². The SMILES string of the molecule is CCN1CC2(CCC(CN3CCC4(CC3)CN(c3ncncc3Oc3ccc(F)cc3C(=O)N(CC)C(C)C)C4)CC2)NC1=O. The average molecular weight is 622 g/mol. The van der Waals surface area contributed by atoms with Gasteiger partial charge in [0.2, 0.25) is 0 Å². The summed E-state index contributed by atoms with van der Waals surface area (Å²) in [4.78, 5) is 42.9. The minimum absolute atomic E-state index is 0.00770. The first kappa shape index (κ1) is 31.5. The highest BCUT2D eigenvalue weighted by Gasteiger charge is 2.47. The Kier molecular flexibility index (Phi) is 8.91. The van der Waals surface area contributed by atoms with Crippen LogP contribution in [0.5, 0.6) is 11.5 Å². The van der Waals surface area contributed by atoms with Gasteiger partial charge in [-0.1, -0.05) is 0 Å². The number of benzene rings is 1. The summed E-state index contributed by atoms with van der Waals surface area (Å²) in [6.45, 7) is 15.2. The number of carbonyl (C=O) groups is 2. The van der Waals surface area contributed by atoms with E-state index < -0.39 is 5.82 Å². The number of aromatic nitrogens is 2. The molecule has 1 aromatic heterocycles. The zero-order valence-corrected chi connectivity index (χ0v) is 27.2. The van der Waals surface area contributed by atoms with Crippen molar-refractivity contribution in [2.24, 2.45) is 11.3 Å². The molecule has 1 aromatic carbocycles. The van der Waals surface area contributed by atoms with Crippen LogP contribution in [-0.2, 0) is 0 Å². The van der Waals surface area contributed by atoms with Gasteiger partial charge in [-0.3, -0.25) is 4.79 Å². The van der Waals surface area contributed by atoms with Crippen LogP contribution < -0.4 is 15.0 Å². The van der Waals surface area contributed by atoms with Crippen LogP contribution in [0.25, 0.3) is 0 Å². The van der Waals surface area contributed by atoms with Crippen molar-refractivity contribution in [1.29, 1.82) is 0 Å². The number of carbonyl (C=O) groups excluding carboxylic acids is 2. The Morgan fingerprint density at radius 2 is 1.84 bits per heavy atom. The van der Waals surface area contributed by atoms with Gasteiger partial charge >= 0.3 is 6.03 Å². The van der Waals surface area contributed by atoms with E-state index in [9.17, 15) is 14.0 Å². The predicted molar refractivity (Wildman–Crippen MR) is 171 cm³/mol. The summed E-state index contributed by atoms with van der Waals surface area (Å²) >= 11 is 0. The number of rotatable bonds is 9. The number of nitrogens with one attached hydrogen (secondary N) is 1. The summed E-state index contributed by atoms with van der Waals surface area (Å²) in [5.74, 6) is 1.42. The maximum atomic E-state index is 14.3. The number of urea groups is 1. The van der Waals surface area contributed by atoms with Crippen LogP contribution in [0.1, 0.15) is 76.6 Å². The van der Waals surface area contributed by atoms with Crippen LogP contribution in [0.15, 0.2) is 30.7 Å². The molecule has 0 bridgehead atoms. The average Bonchev–Trinajstić information content (AvgIpc) is 3.33. The maximum absolute atomic E-state index is 14.3. The van der Waals surface area contributed by atoms with Crippen LogP contribution in [-0.4, -0.2) is 101 Å². The molecule has 45 heavy (non-hydrogen) atoms. The zero-order chi connectivity index (χ0) is 31.8. The third-order valence-electron chi connectivity index (χ3n) is 10.7. The summed E-state index contributed by atoms with van der Waals surface area (Å²) in [6.07, 6.45) is 9.98. The highest BCUT2D eigenvalue weighted by Crippen LogP contribution is 2.45. The first-order valence-corrected chi connectivity index (χ1v) is 16.8. The quantitative estimate of drug-likeness (QED) is 0.414. The van der Waals surface area contributed by atoms with Crippen molar-refractivity contribution < 1.29 is 18.7 Å². The van der Waals surface area contributed by atoms with E-state index >= 15 is 0 Å². The minimum Gasteiger partial charge on any atom is -0.451 e. The zero-order valence-electron chi connectivity index (χ0n) is 27.2. The maximum Gasteiger partial charge on any atom is 0.317 e. The highest BCUT2D eigenvalue weighted by molar-refractivity contribution is 5.97. The number of anilines is 1. The number of likely N-dealkylation sites (tertiary alicyclic amines) is 1. The molecule has 2 aromatic rings. The van der Waals surface area contributed by atoms with Crippen molar-refractivity contribution in [2.45, 2.75) is 77.8 Å². The molecule has 3 saturated heterocycles. The number of nitrogens with zero attached hydrogens (tertiary/aromatic N) is 6. The van der Waals surface area contributed by atoms with Crippen LogP contribution >= 0.6 is 0 Å². The van der Waals surface area contributed by atoms with E-state index in [0.29, 0.717) is 29.8 Å². The molecule has 6 rings (SSSR count). The number of hydrogen-bond acceptors (Lipinski definition) is 7. The Morgan fingerprint density at radius 1 is 1.11 bits per heavy atom. The molecule has 4 heterocycles. The molecule has 1 N–H and O–H groups in total. The van der Waals surface area contributed by atoms with Gasteiger partial charge < -0.3 is 29.7 Å². The molecule has 11 heteroatoms. The number of piperidine rings is 1. The molecular formula is C34H48FN7O3. The molecule has 3 aliphatic heterocycles. The topological polar surface area (TPSA) is 94.1 Å². The highest BCUT2D eigenvalue weighted by atomic mass is 19.1. The van der Waals surface area contributed by atoms with Gasteiger partial charge in [0, 0.05) is 50.7 Å². The normalized spacial score (nSPS) is 24.7. The second kappa shape index (κ2) is 12.7. The lowest BCUT2D eigenvalue weighted by Crippen LogP contribution is -2.61. The van der Waals surface area contributed by atoms with Crippen molar-refractivity contribution in [3.63, 3.8) is 0 Å². The largest absolute Gasteiger partial charge is 0.451 e. The lowest BCUT2D eigenvalue weighted by molar-refractivity contribution is 0.0583. The molecule has 0 unspecified atom stereocenters. The van der Waals surface area contributed by atoms with Crippen molar-refractivity contribution in [2.75, 3.05) is 57.3 Å². The molecule has 4 fully saturated rings. The van der Waals surface area contributed by atoms with Crippen molar-refractivity contribution in [3.05, 3.63) is 42.1 Å². The number of likely N-dealkylation sites (N-methyl/N-ethyl adjacent to an activating group) is 1. The fourth-order valence-electron chi connectivity index (χ4n) is 7.93. The van der Waals surface area contributed by atoms with Crippen LogP contribution in [0.2, 0.25) is 0 Å². The fraction of sp³-hybridized carbons (Fsp3) is 0.647. The molecule has 0 radical (unpaired) electrons. The van der Waals surface area contributed by atoms with Crippen molar-refractivity contribution in [1.82, 2.24) is 30.0 Å². The van der Waals surface area contributed by atoms with Gasteiger partial charge in [-0.05, 0) is 103 Å².